The van der Waals surface area contributed by atoms with E-state index in [-0.39, 0.29) is 73.6 Å². The SMILES string of the molecule is C=C1C[C@H]2CC3O[C@H](C[C@@H](O)CC(=O)O[C@@H](CO)C[C@@H]4C/C(=C\C(=O)OC)[C@H](CC(=O)CCCCCCC)[C@@](O)(O4)C(C)(C)/C=C/[C@@H](C1)O2)C[C@H](C)C3(C)C. The topological polar surface area (TPSA) is 158 Å². The third-order valence-electron chi connectivity index (χ3n) is 12.8. The molecule has 4 aliphatic heterocycles. The van der Waals surface area contributed by atoms with Gasteiger partial charge in [0.1, 0.15) is 11.9 Å². The molecular weight excluding hydrogens is 704 g/mol. The number of aliphatic hydroxyl groups is 3. The minimum absolute atomic E-state index is 0.00962. The number of ether oxygens (including phenoxy) is 5. The van der Waals surface area contributed by atoms with Gasteiger partial charge in [0.25, 0.3) is 0 Å². The van der Waals surface area contributed by atoms with Gasteiger partial charge in [-0.2, -0.15) is 0 Å². The molecule has 11 nitrogen and oxygen atoms in total. The molecule has 0 aromatic carbocycles. The second-order valence-electron chi connectivity index (χ2n) is 17.9. The number of fused-ring (bicyclic) bond motifs is 6. The number of Topliss-reactive ketones (excluding diaryl/α,β-unsaturated/α-hetero) is 1. The van der Waals surface area contributed by atoms with Crippen LogP contribution in [0.2, 0.25) is 0 Å². The number of hydrogen-bond acceptors (Lipinski definition) is 11. The van der Waals surface area contributed by atoms with E-state index in [1.807, 2.05) is 26.0 Å². The summed E-state index contributed by atoms with van der Waals surface area (Å²) in [5.41, 5.74) is 0.221. The number of rotatable bonds is 10. The van der Waals surface area contributed by atoms with Crippen LogP contribution in [-0.2, 0) is 38.1 Å². The van der Waals surface area contributed by atoms with Crippen molar-refractivity contribution in [1.29, 1.82) is 0 Å². The minimum atomic E-state index is -2.01. The van der Waals surface area contributed by atoms with Crippen LogP contribution in [0.15, 0.2) is 36.0 Å². The number of carbonyl (C=O) groups excluding carboxylic acids is 3. The highest BCUT2D eigenvalue weighted by molar-refractivity contribution is 5.84. The van der Waals surface area contributed by atoms with E-state index in [0.717, 1.165) is 44.1 Å². The van der Waals surface area contributed by atoms with E-state index in [9.17, 15) is 29.7 Å². The summed E-state index contributed by atoms with van der Waals surface area (Å²) in [4.78, 5) is 39.6. The van der Waals surface area contributed by atoms with Crippen LogP contribution in [0.5, 0.6) is 0 Å². The van der Waals surface area contributed by atoms with Crippen LogP contribution in [0.25, 0.3) is 0 Å². The highest BCUT2D eigenvalue weighted by Crippen LogP contribution is 2.51. The lowest BCUT2D eigenvalue weighted by Crippen LogP contribution is -2.58. The number of methoxy groups -OCH3 is 1. The predicted octanol–water partition coefficient (Wildman–Crippen LogP) is 6.84. The molecule has 10 atom stereocenters. The normalized spacial score (nSPS) is 37.1. The van der Waals surface area contributed by atoms with Crippen LogP contribution >= 0.6 is 0 Å². The number of cyclic esters (lactones) is 1. The van der Waals surface area contributed by atoms with Crippen LogP contribution in [0.3, 0.4) is 0 Å². The molecule has 6 bridgehead atoms. The molecule has 4 rings (SSSR count). The zero-order valence-electron chi connectivity index (χ0n) is 34.6. The van der Waals surface area contributed by atoms with Gasteiger partial charge in [0.05, 0.1) is 56.8 Å². The fraction of sp³-hybridized carbons (Fsp3) is 0.795. The molecule has 3 N–H and O–H groups in total. The van der Waals surface area contributed by atoms with Gasteiger partial charge in [0.15, 0.2) is 5.79 Å². The Hall–Kier alpha value is -2.41. The molecule has 0 amide bonds. The van der Waals surface area contributed by atoms with Gasteiger partial charge in [-0.05, 0) is 43.4 Å². The van der Waals surface area contributed by atoms with Crippen molar-refractivity contribution >= 4 is 17.7 Å². The maximum atomic E-state index is 13.6. The second-order valence-corrected chi connectivity index (χ2v) is 17.9. The molecule has 4 heterocycles. The Morgan fingerprint density at radius 3 is 2.38 bits per heavy atom. The van der Waals surface area contributed by atoms with Crippen LogP contribution in [0, 0.1) is 22.7 Å². The van der Waals surface area contributed by atoms with Gasteiger partial charge in [-0.1, -0.05) is 97.1 Å². The monoisotopic (exact) mass is 774 g/mol. The summed E-state index contributed by atoms with van der Waals surface area (Å²) in [5.74, 6) is -3.97. The molecule has 11 heteroatoms. The first-order valence-electron chi connectivity index (χ1n) is 20.8. The molecule has 3 saturated heterocycles. The Balaban J connectivity index is 1.73. The standard InChI is InChI=1S/C44H70O11/c1-9-10-11-12-13-14-31(46)23-38-30(21-40(48)51-8)20-36-25-37(27-45)54-41(49)24-32(47)22-35-19-29(3)43(6,7)39(53-35)26-34-18-28(2)17-33(52-34)15-16-42(4,5)44(38,50)55-36/h15-16,21,29,32-39,45,47,50H,2,9-14,17-20,22-27H2,1,3-8H3/b16-15+,30-21+/t29-,32+,33-,34-,35-,36-,37+,38-,39?,44+/m0/s1. The highest BCUT2D eigenvalue weighted by Gasteiger charge is 2.56. The smallest absolute Gasteiger partial charge is 0.330 e. The molecule has 1 unspecified atom stereocenters. The Kier molecular flexibility index (Phi) is 16.3. The fourth-order valence-electron chi connectivity index (χ4n) is 8.91. The van der Waals surface area contributed by atoms with E-state index in [0.29, 0.717) is 31.3 Å². The first-order chi connectivity index (χ1) is 25.9. The summed E-state index contributed by atoms with van der Waals surface area (Å²) in [6, 6.07) is 0. The molecule has 4 aliphatic rings. The fourth-order valence-corrected chi connectivity index (χ4v) is 8.91. The molecule has 312 valence electrons. The average molecular weight is 775 g/mol. The van der Waals surface area contributed by atoms with Crippen LogP contribution in [-0.4, -0.2) is 95.3 Å². The third-order valence-corrected chi connectivity index (χ3v) is 12.8. The minimum Gasteiger partial charge on any atom is -0.466 e. The summed E-state index contributed by atoms with van der Waals surface area (Å²) >= 11 is 0. The van der Waals surface area contributed by atoms with Gasteiger partial charge < -0.3 is 39.0 Å². The first kappa shape index (κ1) is 45.3. The number of ketones is 1. The summed E-state index contributed by atoms with van der Waals surface area (Å²) in [6.07, 6.45) is 9.28. The van der Waals surface area contributed by atoms with E-state index in [4.69, 9.17) is 23.7 Å². The van der Waals surface area contributed by atoms with E-state index in [1.54, 1.807) is 0 Å². The van der Waals surface area contributed by atoms with Crippen molar-refractivity contribution in [3.05, 3.63) is 36.0 Å². The summed E-state index contributed by atoms with van der Waals surface area (Å²) < 4.78 is 30.7. The molecule has 0 aromatic heterocycles. The average Bonchev–Trinajstić information content (AvgIpc) is 3.10. The first-order valence-corrected chi connectivity index (χ1v) is 20.8. The van der Waals surface area contributed by atoms with E-state index >= 15 is 0 Å². The molecular formula is C44H70O11. The van der Waals surface area contributed by atoms with Gasteiger partial charge in [-0.3, -0.25) is 9.59 Å². The highest BCUT2D eigenvalue weighted by atomic mass is 16.6. The number of aliphatic hydroxyl groups excluding tert-OH is 2. The largest absolute Gasteiger partial charge is 0.466 e. The zero-order chi connectivity index (χ0) is 40.6. The molecule has 3 fully saturated rings. The quantitative estimate of drug-likeness (QED) is 0.0924. The molecule has 0 spiro atoms. The van der Waals surface area contributed by atoms with Crippen molar-refractivity contribution in [3.63, 3.8) is 0 Å². The third kappa shape index (κ3) is 12.1. The lowest BCUT2D eigenvalue weighted by atomic mass is 9.67. The lowest BCUT2D eigenvalue weighted by Gasteiger charge is -2.52. The predicted molar refractivity (Wildman–Crippen MR) is 209 cm³/mol. The van der Waals surface area contributed by atoms with E-state index in [2.05, 4.69) is 34.3 Å². The van der Waals surface area contributed by atoms with Crippen molar-refractivity contribution in [2.45, 2.75) is 186 Å². The summed E-state index contributed by atoms with van der Waals surface area (Å²) in [6.45, 7) is 16.2. The maximum Gasteiger partial charge on any atom is 0.330 e. The van der Waals surface area contributed by atoms with Gasteiger partial charge in [-0.15, -0.1) is 0 Å². The molecule has 0 radical (unpaired) electrons. The van der Waals surface area contributed by atoms with Crippen LogP contribution < -0.4 is 0 Å². The van der Waals surface area contributed by atoms with Crippen LogP contribution in [0.1, 0.15) is 138 Å². The number of esters is 2. The molecule has 0 aromatic rings. The maximum absolute atomic E-state index is 13.6. The number of hydrogen-bond donors (Lipinski definition) is 3. The van der Waals surface area contributed by atoms with Crippen molar-refractivity contribution < 1.29 is 53.4 Å². The Bertz CT molecular complexity index is 1380. The van der Waals surface area contributed by atoms with E-state index < -0.39 is 54.0 Å². The van der Waals surface area contributed by atoms with E-state index in [1.165, 1.54) is 13.2 Å². The Morgan fingerprint density at radius 1 is 0.964 bits per heavy atom. The zero-order valence-corrected chi connectivity index (χ0v) is 34.6. The van der Waals surface area contributed by atoms with Crippen LogP contribution in [0.4, 0.5) is 0 Å². The van der Waals surface area contributed by atoms with Gasteiger partial charge in [0, 0.05) is 49.5 Å². The van der Waals surface area contributed by atoms with Gasteiger partial charge in [0.2, 0.25) is 0 Å². The van der Waals surface area contributed by atoms with Crippen molar-refractivity contribution in [2.75, 3.05) is 13.7 Å². The molecule has 0 saturated carbocycles. The Labute approximate surface area is 329 Å². The van der Waals surface area contributed by atoms with Gasteiger partial charge >= 0.3 is 11.9 Å². The molecule has 0 aliphatic carbocycles. The van der Waals surface area contributed by atoms with Crippen molar-refractivity contribution in [2.24, 2.45) is 22.7 Å². The lowest BCUT2D eigenvalue weighted by molar-refractivity contribution is -0.313. The van der Waals surface area contributed by atoms with Crippen molar-refractivity contribution in [1.82, 2.24) is 0 Å². The summed E-state index contributed by atoms with van der Waals surface area (Å²) in [7, 11) is 1.27. The summed E-state index contributed by atoms with van der Waals surface area (Å²) in [5, 5.41) is 34.3. The molecule has 55 heavy (non-hydrogen) atoms. The van der Waals surface area contributed by atoms with Gasteiger partial charge in [-0.25, -0.2) is 4.79 Å². The number of carbonyl (C=O) groups is 3. The second kappa shape index (κ2) is 19.8. The van der Waals surface area contributed by atoms with Crippen molar-refractivity contribution in [3.8, 4) is 0 Å². The Morgan fingerprint density at radius 2 is 1.69 bits per heavy atom. The number of unbranched alkanes of at least 4 members (excludes halogenated alkanes) is 4.